The molecule has 23 heavy (non-hydrogen) atoms. The summed E-state index contributed by atoms with van der Waals surface area (Å²) in [5, 5.41) is 7.96. The number of aryl methyl sites for hydroxylation is 1. The van der Waals surface area contributed by atoms with Gasteiger partial charge in [0.1, 0.15) is 0 Å². The zero-order valence-electron chi connectivity index (χ0n) is 13.6. The summed E-state index contributed by atoms with van der Waals surface area (Å²) >= 11 is 0. The standard InChI is InChI=1S/C17H23N5O/c1-12-10-19-22(11-12)16-4-3-13(17(18)23)9-15(16)20-14-5-7-21(2)8-6-14/h3-4,9-11,14,20H,5-8H2,1-2H3,(H2,18,23). The van der Waals surface area contributed by atoms with E-state index in [9.17, 15) is 4.79 Å². The first-order valence-corrected chi connectivity index (χ1v) is 7.93. The number of hydrogen-bond acceptors (Lipinski definition) is 4. The second-order valence-corrected chi connectivity index (χ2v) is 6.28. The highest BCUT2D eigenvalue weighted by molar-refractivity contribution is 5.94. The number of hydrogen-bond donors (Lipinski definition) is 2. The lowest BCUT2D eigenvalue weighted by Gasteiger charge is -2.30. The van der Waals surface area contributed by atoms with Crippen molar-refractivity contribution < 1.29 is 4.79 Å². The normalized spacial score (nSPS) is 16.4. The van der Waals surface area contributed by atoms with E-state index >= 15 is 0 Å². The molecule has 6 nitrogen and oxygen atoms in total. The van der Waals surface area contributed by atoms with Gasteiger partial charge in [-0.3, -0.25) is 4.79 Å². The van der Waals surface area contributed by atoms with Crippen LogP contribution >= 0.6 is 0 Å². The van der Waals surface area contributed by atoms with Crippen LogP contribution < -0.4 is 11.1 Å². The molecule has 1 saturated heterocycles. The zero-order chi connectivity index (χ0) is 16.4. The lowest BCUT2D eigenvalue weighted by Crippen LogP contribution is -2.37. The van der Waals surface area contributed by atoms with Gasteiger partial charge in [0.15, 0.2) is 0 Å². The molecule has 1 amide bonds. The van der Waals surface area contributed by atoms with E-state index in [0.717, 1.165) is 42.9 Å². The molecular formula is C17H23N5O. The molecular weight excluding hydrogens is 290 g/mol. The van der Waals surface area contributed by atoms with Crippen LogP contribution in [0.4, 0.5) is 5.69 Å². The number of rotatable bonds is 4. The third-order valence-electron chi connectivity index (χ3n) is 4.32. The minimum absolute atomic E-state index is 0.393. The Hall–Kier alpha value is -2.34. The predicted molar refractivity (Wildman–Crippen MR) is 91.0 cm³/mol. The Labute approximate surface area is 136 Å². The molecule has 3 rings (SSSR count). The van der Waals surface area contributed by atoms with E-state index in [1.807, 2.05) is 36.1 Å². The van der Waals surface area contributed by atoms with Crippen molar-refractivity contribution in [1.82, 2.24) is 14.7 Å². The summed E-state index contributed by atoms with van der Waals surface area (Å²) in [5.41, 5.74) is 8.86. The van der Waals surface area contributed by atoms with Crippen LogP contribution in [0.15, 0.2) is 30.6 Å². The Morgan fingerprint density at radius 2 is 2.09 bits per heavy atom. The average Bonchev–Trinajstić information content (AvgIpc) is 2.96. The Bertz CT molecular complexity index is 701. The summed E-state index contributed by atoms with van der Waals surface area (Å²) in [6.45, 7) is 4.15. The predicted octanol–water partition coefficient (Wildman–Crippen LogP) is 1.79. The third-order valence-corrected chi connectivity index (χ3v) is 4.32. The number of carbonyl (C=O) groups is 1. The van der Waals surface area contributed by atoms with Crippen LogP contribution in [0.1, 0.15) is 28.8 Å². The lowest BCUT2D eigenvalue weighted by molar-refractivity contribution is 0.100. The molecule has 0 saturated carbocycles. The zero-order valence-corrected chi connectivity index (χ0v) is 13.6. The highest BCUT2D eigenvalue weighted by Crippen LogP contribution is 2.25. The van der Waals surface area contributed by atoms with Gasteiger partial charge in [0.25, 0.3) is 0 Å². The molecule has 3 N–H and O–H groups in total. The van der Waals surface area contributed by atoms with E-state index in [1.165, 1.54) is 0 Å². The highest BCUT2D eigenvalue weighted by atomic mass is 16.1. The van der Waals surface area contributed by atoms with E-state index in [2.05, 4.69) is 22.4 Å². The summed E-state index contributed by atoms with van der Waals surface area (Å²) in [6, 6.07) is 5.86. The smallest absolute Gasteiger partial charge is 0.248 e. The van der Waals surface area contributed by atoms with Crippen molar-refractivity contribution in [3.63, 3.8) is 0 Å². The molecule has 0 unspecified atom stereocenters. The van der Waals surface area contributed by atoms with Crippen LogP contribution in [0.2, 0.25) is 0 Å². The van der Waals surface area contributed by atoms with Crippen molar-refractivity contribution in [3.8, 4) is 5.69 Å². The highest BCUT2D eigenvalue weighted by Gasteiger charge is 2.18. The van der Waals surface area contributed by atoms with Crippen LogP contribution in [-0.2, 0) is 0 Å². The summed E-state index contributed by atoms with van der Waals surface area (Å²) in [7, 11) is 2.14. The number of primary amides is 1. The molecule has 0 radical (unpaired) electrons. The Kier molecular flexibility index (Phi) is 4.34. The van der Waals surface area contributed by atoms with Gasteiger partial charge in [-0.25, -0.2) is 4.68 Å². The fraction of sp³-hybridized carbons (Fsp3) is 0.412. The van der Waals surface area contributed by atoms with Crippen molar-refractivity contribution in [1.29, 1.82) is 0 Å². The lowest BCUT2D eigenvalue weighted by atomic mass is 10.0. The number of carbonyl (C=O) groups excluding carboxylic acids is 1. The molecule has 2 aromatic rings. The van der Waals surface area contributed by atoms with Crippen LogP contribution in [0, 0.1) is 6.92 Å². The third kappa shape index (κ3) is 3.53. The van der Waals surface area contributed by atoms with E-state index in [-0.39, 0.29) is 0 Å². The molecule has 6 heteroatoms. The van der Waals surface area contributed by atoms with Crippen molar-refractivity contribution in [2.75, 3.05) is 25.5 Å². The van der Waals surface area contributed by atoms with Gasteiger partial charge < -0.3 is 16.0 Å². The topological polar surface area (TPSA) is 76.2 Å². The first-order chi connectivity index (χ1) is 11.0. The minimum Gasteiger partial charge on any atom is -0.380 e. The number of nitrogens with two attached hydrogens (primary N) is 1. The number of likely N-dealkylation sites (tertiary alicyclic amines) is 1. The molecule has 0 aliphatic carbocycles. The molecule has 1 aliphatic rings. The number of aromatic nitrogens is 2. The van der Waals surface area contributed by atoms with E-state index in [0.29, 0.717) is 11.6 Å². The maximum Gasteiger partial charge on any atom is 0.248 e. The quantitative estimate of drug-likeness (QED) is 0.902. The van der Waals surface area contributed by atoms with Crippen LogP contribution in [-0.4, -0.2) is 46.8 Å². The van der Waals surface area contributed by atoms with Gasteiger partial charge in [-0.1, -0.05) is 0 Å². The van der Waals surface area contributed by atoms with Crippen molar-refractivity contribution in [2.24, 2.45) is 5.73 Å². The first-order valence-electron chi connectivity index (χ1n) is 7.93. The SMILES string of the molecule is Cc1cnn(-c2ccc(C(N)=O)cc2NC2CCN(C)CC2)c1. The number of anilines is 1. The first kappa shape index (κ1) is 15.6. The second kappa shape index (κ2) is 6.42. The van der Waals surface area contributed by atoms with Gasteiger partial charge in [0, 0.05) is 17.8 Å². The largest absolute Gasteiger partial charge is 0.380 e. The van der Waals surface area contributed by atoms with Crippen LogP contribution in [0.5, 0.6) is 0 Å². The fourth-order valence-corrected chi connectivity index (χ4v) is 2.92. The second-order valence-electron chi connectivity index (χ2n) is 6.28. The maximum absolute atomic E-state index is 11.5. The maximum atomic E-state index is 11.5. The van der Waals surface area contributed by atoms with Gasteiger partial charge in [0.2, 0.25) is 5.91 Å². The average molecular weight is 313 g/mol. The van der Waals surface area contributed by atoms with Crippen molar-refractivity contribution in [3.05, 3.63) is 41.7 Å². The Morgan fingerprint density at radius 1 is 1.35 bits per heavy atom. The van der Waals surface area contributed by atoms with E-state index in [4.69, 9.17) is 5.73 Å². The molecule has 0 spiro atoms. The Morgan fingerprint density at radius 3 is 2.70 bits per heavy atom. The minimum atomic E-state index is -0.417. The molecule has 0 bridgehead atoms. The number of amides is 1. The monoisotopic (exact) mass is 313 g/mol. The van der Waals surface area contributed by atoms with E-state index < -0.39 is 5.91 Å². The van der Waals surface area contributed by atoms with Gasteiger partial charge in [-0.2, -0.15) is 5.10 Å². The molecule has 1 fully saturated rings. The van der Waals surface area contributed by atoms with Gasteiger partial charge in [-0.05, 0) is 63.7 Å². The number of piperidine rings is 1. The molecule has 122 valence electrons. The summed E-state index contributed by atoms with van der Waals surface area (Å²) < 4.78 is 1.83. The molecule has 1 aromatic heterocycles. The van der Waals surface area contributed by atoms with Crippen LogP contribution in [0.3, 0.4) is 0 Å². The van der Waals surface area contributed by atoms with Crippen molar-refractivity contribution >= 4 is 11.6 Å². The summed E-state index contributed by atoms with van der Waals surface area (Å²) in [5.74, 6) is -0.417. The Balaban J connectivity index is 1.91. The fourth-order valence-electron chi connectivity index (χ4n) is 2.92. The number of benzene rings is 1. The summed E-state index contributed by atoms with van der Waals surface area (Å²) in [4.78, 5) is 13.8. The number of nitrogens with one attached hydrogen (secondary N) is 1. The molecule has 2 heterocycles. The molecule has 1 aliphatic heterocycles. The summed E-state index contributed by atoms with van der Waals surface area (Å²) in [6.07, 6.45) is 5.95. The molecule has 1 aromatic carbocycles. The van der Waals surface area contributed by atoms with Gasteiger partial charge in [0.05, 0.1) is 17.6 Å². The van der Waals surface area contributed by atoms with Crippen LogP contribution in [0.25, 0.3) is 5.69 Å². The van der Waals surface area contributed by atoms with E-state index in [1.54, 1.807) is 6.07 Å². The number of nitrogens with zero attached hydrogens (tertiary/aromatic N) is 3. The van der Waals surface area contributed by atoms with Crippen molar-refractivity contribution in [2.45, 2.75) is 25.8 Å². The van der Waals surface area contributed by atoms with Gasteiger partial charge >= 0.3 is 0 Å². The molecule has 0 atom stereocenters. The van der Waals surface area contributed by atoms with Gasteiger partial charge in [-0.15, -0.1) is 0 Å².